The van der Waals surface area contributed by atoms with Crippen molar-refractivity contribution in [2.45, 2.75) is 32.7 Å². The maximum atomic E-state index is 12.8. The Morgan fingerprint density at radius 3 is 2.22 bits per heavy atom. The molecule has 2 aromatic heterocycles. The van der Waals surface area contributed by atoms with Crippen LogP contribution in [0.4, 0.5) is 11.5 Å². The molecule has 1 atom stereocenters. The van der Waals surface area contributed by atoms with Crippen molar-refractivity contribution in [3.63, 3.8) is 0 Å². The lowest BCUT2D eigenvalue weighted by Gasteiger charge is -2.43. The van der Waals surface area contributed by atoms with E-state index >= 15 is 0 Å². The first-order chi connectivity index (χ1) is 19.9. The minimum atomic E-state index is -0.164. The first kappa shape index (κ1) is 27.2. The maximum Gasteiger partial charge on any atom is 0.257 e. The molecule has 2 aliphatic heterocycles. The molecule has 4 aromatic rings. The predicted molar refractivity (Wildman–Crippen MR) is 165 cm³/mol. The van der Waals surface area contributed by atoms with E-state index in [4.69, 9.17) is 4.98 Å². The average molecular weight is 550 g/mol. The quantitative estimate of drug-likeness (QED) is 0.290. The summed E-state index contributed by atoms with van der Waals surface area (Å²) in [6.45, 7) is 9.53. The van der Waals surface area contributed by atoms with Gasteiger partial charge in [0.1, 0.15) is 11.6 Å². The molecule has 0 bridgehead atoms. The Morgan fingerprint density at radius 1 is 0.878 bits per heavy atom. The van der Waals surface area contributed by atoms with Crippen LogP contribution in [0, 0.1) is 5.41 Å². The minimum absolute atomic E-state index is 0.164. The highest BCUT2D eigenvalue weighted by Gasteiger charge is 2.38. The average Bonchev–Trinajstić information content (AvgIpc) is 3.47. The van der Waals surface area contributed by atoms with E-state index in [1.54, 1.807) is 6.20 Å². The molecule has 4 heterocycles. The molecule has 3 N–H and O–H groups in total. The molecule has 0 saturated carbocycles. The van der Waals surface area contributed by atoms with Crippen LogP contribution in [0.25, 0.3) is 22.4 Å². The van der Waals surface area contributed by atoms with Gasteiger partial charge < -0.3 is 20.5 Å². The van der Waals surface area contributed by atoms with Gasteiger partial charge >= 0.3 is 0 Å². The van der Waals surface area contributed by atoms with Crippen molar-refractivity contribution in [2.75, 3.05) is 50.0 Å². The molecule has 8 nitrogen and oxygen atoms in total. The molecule has 2 aliphatic rings. The number of imidazole rings is 1. The van der Waals surface area contributed by atoms with Crippen LogP contribution in [0.2, 0.25) is 0 Å². The molecule has 1 amide bonds. The van der Waals surface area contributed by atoms with Crippen molar-refractivity contribution in [2.24, 2.45) is 5.41 Å². The van der Waals surface area contributed by atoms with E-state index in [0.29, 0.717) is 5.56 Å². The summed E-state index contributed by atoms with van der Waals surface area (Å²) in [5.41, 5.74) is 5.84. The second-order valence-corrected chi connectivity index (χ2v) is 11.9. The summed E-state index contributed by atoms with van der Waals surface area (Å²) < 4.78 is 0. The number of amides is 1. The number of piperidine rings is 1. The summed E-state index contributed by atoms with van der Waals surface area (Å²) in [7, 11) is 2.20. The lowest BCUT2D eigenvalue weighted by atomic mass is 9.76. The zero-order chi connectivity index (χ0) is 28.4. The van der Waals surface area contributed by atoms with Gasteiger partial charge in [-0.05, 0) is 72.8 Å². The fraction of sp³-hybridized carbons (Fsp3) is 0.364. The first-order valence-electron chi connectivity index (χ1n) is 14.6. The van der Waals surface area contributed by atoms with Gasteiger partial charge in [0, 0.05) is 38.1 Å². The first-order valence-corrected chi connectivity index (χ1v) is 14.6. The smallest absolute Gasteiger partial charge is 0.257 e. The van der Waals surface area contributed by atoms with Gasteiger partial charge in [0.05, 0.1) is 23.5 Å². The van der Waals surface area contributed by atoms with Crippen molar-refractivity contribution in [1.82, 2.24) is 25.2 Å². The van der Waals surface area contributed by atoms with Crippen molar-refractivity contribution in [3.8, 4) is 22.4 Å². The van der Waals surface area contributed by atoms with Gasteiger partial charge in [-0.15, -0.1) is 0 Å². The number of aromatic amines is 1. The summed E-state index contributed by atoms with van der Waals surface area (Å²) in [5.74, 6) is 1.79. The van der Waals surface area contributed by atoms with Crippen LogP contribution in [0.1, 0.15) is 48.9 Å². The number of carbonyl (C=O) groups excluding carboxylic acids is 1. The van der Waals surface area contributed by atoms with E-state index in [9.17, 15) is 4.79 Å². The van der Waals surface area contributed by atoms with Gasteiger partial charge in [0.25, 0.3) is 5.91 Å². The molecule has 6 rings (SSSR count). The van der Waals surface area contributed by atoms with Crippen LogP contribution in [-0.2, 0) is 0 Å². The second-order valence-electron chi connectivity index (χ2n) is 11.9. The Kier molecular flexibility index (Phi) is 7.60. The third kappa shape index (κ3) is 5.89. The number of likely N-dealkylation sites (tertiary alicyclic amines) is 1. The zero-order valence-corrected chi connectivity index (χ0v) is 24.2. The number of hydrogen-bond donors (Lipinski definition) is 3. The molecular formula is C33H39N7O. The number of piperazine rings is 1. The van der Waals surface area contributed by atoms with Crippen LogP contribution in [0.3, 0.4) is 0 Å². The highest BCUT2D eigenvalue weighted by molar-refractivity contribution is 6.04. The van der Waals surface area contributed by atoms with E-state index in [0.717, 1.165) is 72.4 Å². The largest absolute Gasteiger partial charge is 0.354 e. The minimum Gasteiger partial charge on any atom is -0.354 e. The molecule has 2 fully saturated rings. The summed E-state index contributed by atoms with van der Waals surface area (Å²) in [4.78, 5) is 30.3. The number of H-pyrrole nitrogens is 1. The number of nitrogens with one attached hydrogen (secondary N) is 3. The Labute approximate surface area is 242 Å². The molecule has 8 heteroatoms. The standard InChI is InChI=1S/C33H39N7O/c1-33(2)15-4-18-39(3)30(33)31-36-22-28(38-31)25-7-5-23(6-8-25)24-9-12-27(13-10-24)37-32(41)26-11-14-29(35-21-26)40-19-16-34-17-20-40/h5-14,21-22,30,34H,4,15-20H2,1-3H3,(H,36,38)(H,37,41). The summed E-state index contributed by atoms with van der Waals surface area (Å²) in [6, 6.07) is 20.5. The lowest BCUT2D eigenvalue weighted by molar-refractivity contribution is 0.0524. The van der Waals surface area contributed by atoms with Crippen LogP contribution < -0.4 is 15.5 Å². The molecule has 0 spiro atoms. The van der Waals surface area contributed by atoms with E-state index in [1.165, 1.54) is 12.8 Å². The van der Waals surface area contributed by atoms with E-state index in [2.05, 4.69) is 75.6 Å². The monoisotopic (exact) mass is 549 g/mol. The highest BCUT2D eigenvalue weighted by atomic mass is 16.1. The number of benzene rings is 2. The Morgan fingerprint density at radius 2 is 1.56 bits per heavy atom. The Hall–Kier alpha value is -4.01. The third-order valence-corrected chi connectivity index (χ3v) is 8.49. The molecule has 0 radical (unpaired) electrons. The van der Waals surface area contributed by atoms with Gasteiger partial charge in [0.2, 0.25) is 0 Å². The molecule has 1 unspecified atom stereocenters. The molecule has 2 aromatic carbocycles. The fourth-order valence-electron chi connectivity index (χ4n) is 6.24. The number of hydrogen-bond acceptors (Lipinski definition) is 6. The molecule has 212 valence electrons. The topological polar surface area (TPSA) is 89.2 Å². The highest BCUT2D eigenvalue weighted by Crippen LogP contribution is 2.43. The van der Waals surface area contributed by atoms with Crippen LogP contribution >= 0.6 is 0 Å². The lowest BCUT2D eigenvalue weighted by Crippen LogP contribution is -2.43. The second kappa shape index (κ2) is 11.5. The van der Waals surface area contributed by atoms with E-state index < -0.39 is 0 Å². The number of rotatable bonds is 6. The van der Waals surface area contributed by atoms with Gasteiger partial charge in [-0.1, -0.05) is 50.2 Å². The van der Waals surface area contributed by atoms with Crippen molar-refractivity contribution < 1.29 is 4.79 Å². The van der Waals surface area contributed by atoms with Gasteiger partial charge in [-0.25, -0.2) is 9.97 Å². The Balaban J connectivity index is 1.09. The number of nitrogens with zero attached hydrogens (tertiary/aromatic N) is 4. The molecule has 0 aliphatic carbocycles. The normalized spacial score (nSPS) is 19.2. The van der Waals surface area contributed by atoms with Crippen LogP contribution in [-0.4, -0.2) is 65.5 Å². The van der Waals surface area contributed by atoms with E-state index in [-0.39, 0.29) is 17.4 Å². The number of carbonyl (C=O) groups is 1. The summed E-state index contributed by atoms with van der Waals surface area (Å²) in [5, 5.41) is 6.33. The van der Waals surface area contributed by atoms with Crippen LogP contribution in [0.15, 0.2) is 73.1 Å². The van der Waals surface area contributed by atoms with Gasteiger partial charge in [0.15, 0.2) is 0 Å². The third-order valence-electron chi connectivity index (χ3n) is 8.49. The fourth-order valence-corrected chi connectivity index (χ4v) is 6.24. The molecule has 2 saturated heterocycles. The van der Waals surface area contributed by atoms with Crippen molar-refractivity contribution >= 4 is 17.4 Å². The summed E-state index contributed by atoms with van der Waals surface area (Å²) in [6.07, 6.45) is 6.04. The van der Waals surface area contributed by atoms with E-state index in [1.807, 2.05) is 42.6 Å². The molecular weight excluding hydrogens is 510 g/mol. The SMILES string of the molecule is CN1CCCC(C)(C)C1c1ncc(-c2ccc(-c3ccc(NC(=O)c4ccc(N5CCNCC5)nc4)cc3)cc2)[nH]1. The van der Waals surface area contributed by atoms with Gasteiger partial charge in [-0.3, -0.25) is 9.69 Å². The van der Waals surface area contributed by atoms with Crippen LogP contribution in [0.5, 0.6) is 0 Å². The summed E-state index contributed by atoms with van der Waals surface area (Å²) >= 11 is 0. The van der Waals surface area contributed by atoms with Gasteiger partial charge in [-0.2, -0.15) is 0 Å². The van der Waals surface area contributed by atoms with Crippen molar-refractivity contribution in [3.05, 3.63) is 84.4 Å². The Bertz CT molecular complexity index is 1470. The number of aromatic nitrogens is 3. The number of pyridine rings is 1. The number of anilines is 2. The van der Waals surface area contributed by atoms with Crippen molar-refractivity contribution in [1.29, 1.82) is 0 Å². The predicted octanol–water partition coefficient (Wildman–Crippen LogP) is 5.59. The zero-order valence-electron chi connectivity index (χ0n) is 24.2. The molecule has 41 heavy (non-hydrogen) atoms. The maximum absolute atomic E-state index is 12.8.